The minimum absolute atomic E-state index is 0.0408. The molecule has 1 saturated carbocycles. The van der Waals surface area contributed by atoms with Crippen molar-refractivity contribution in [3.8, 4) is 0 Å². The average Bonchev–Trinajstić information content (AvgIpc) is 2.76. The van der Waals surface area contributed by atoms with Gasteiger partial charge in [0.1, 0.15) is 6.54 Å². The molecule has 5 heteroatoms. The largest absolute Gasteiger partial charge is 0.352 e. The normalized spacial score (nSPS) is 24.7. The highest BCUT2D eigenvalue weighted by atomic mass is 32.2. The van der Waals surface area contributed by atoms with Gasteiger partial charge in [-0.05, 0) is 54.5 Å². The summed E-state index contributed by atoms with van der Waals surface area (Å²) in [6, 6.07) is 16.0. The number of thioether (sulfide) groups is 1. The maximum absolute atomic E-state index is 13.4. The van der Waals surface area contributed by atoms with Crippen LogP contribution in [-0.4, -0.2) is 24.4 Å². The number of para-hydroxylation sites is 1. The fraction of sp³-hybridized carbons (Fsp3) is 0.385. The van der Waals surface area contributed by atoms with Crippen molar-refractivity contribution in [3.05, 3.63) is 64.6 Å². The molecule has 0 spiro atoms. The number of anilines is 1. The standard InChI is InChI=1S/C26H30N2O2S/c1-17-10-8-12-21(19(17)3)27-25(29)16-28-22-13-6-7-14-23(22)31-24(26(28)30)15-20-11-5-4-9-18(20)2/h4-7,9,11,13-15,17,19,21H,8,10,12,16H2,1-3H3,(H,27,29)/b24-15-. The van der Waals surface area contributed by atoms with Gasteiger partial charge in [0.25, 0.3) is 5.91 Å². The van der Waals surface area contributed by atoms with Gasteiger partial charge in [-0.2, -0.15) is 0 Å². The number of hydrogen-bond donors (Lipinski definition) is 1. The number of aryl methyl sites for hydroxylation is 1. The Hall–Kier alpha value is -2.53. The summed E-state index contributed by atoms with van der Waals surface area (Å²) in [6.45, 7) is 6.55. The number of nitrogens with one attached hydrogen (secondary N) is 1. The van der Waals surface area contributed by atoms with Crippen molar-refractivity contribution in [2.75, 3.05) is 11.4 Å². The van der Waals surface area contributed by atoms with Crippen LogP contribution in [0.25, 0.3) is 6.08 Å². The molecule has 2 amide bonds. The van der Waals surface area contributed by atoms with E-state index in [1.54, 1.807) is 4.90 Å². The van der Waals surface area contributed by atoms with Crippen LogP contribution in [0.1, 0.15) is 44.2 Å². The summed E-state index contributed by atoms with van der Waals surface area (Å²) in [4.78, 5) is 29.6. The van der Waals surface area contributed by atoms with Crippen molar-refractivity contribution in [2.24, 2.45) is 11.8 Å². The van der Waals surface area contributed by atoms with E-state index in [1.807, 2.05) is 61.5 Å². The number of fused-ring (bicyclic) bond motifs is 1. The average molecular weight is 435 g/mol. The molecule has 1 aliphatic carbocycles. The Morgan fingerprint density at radius 2 is 1.87 bits per heavy atom. The zero-order valence-electron chi connectivity index (χ0n) is 18.4. The summed E-state index contributed by atoms with van der Waals surface area (Å²) < 4.78 is 0. The van der Waals surface area contributed by atoms with Crippen molar-refractivity contribution in [3.63, 3.8) is 0 Å². The van der Waals surface area contributed by atoms with Crippen LogP contribution in [0, 0.1) is 18.8 Å². The van der Waals surface area contributed by atoms with Crippen LogP contribution in [0.3, 0.4) is 0 Å². The van der Waals surface area contributed by atoms with Gasteiger partial charge in [-0.15, -0.1) is 0 Å². The molecule has 3 unspecified atom stereocenters. The highest BCUT2D eigenvalue weighted by Gasteiger charge is 2.32. The Balaban J connectivity index is 1.58. The first-order valence-electron chi connectivity index (χ1n) is 11.1. The molecule has 0 bridgehead atoms. The lowest BCUT2D eigenvalue weighted by molar-refractivity contribution is -0.123. The van der Waals surface area contributed by atoms with E-state index in [-0.39, 0.29) is 24.4 Å². The molecular weight excluding hydrogens is 404 g/mol. The first-order chi connectivity index (χ1) is 14.9. The molecule has 1 heterocycles. The lowest BCUT2D eigenvalue weighted by Crippen LogP contribution is -2.49. The third-order valence-corrected chi connectivity index (χ3v) is 7.74. The molecule has 4 rings (SSSR count). The molecule has 1 fully saturated rings. The van der Waals surface area contributed by atoms with E-state index in [1.165, 1.54) is 18.2 Å². The molecule has 1 aliphatic heterocycles. The molecule has 162 valence electrons. The number of carbonyl (C=O) groups excluding carboxylic acids is 2. The fourth-order valence-corrected chi connectivity index (χ4v) is 5.54. The maximum Gasteiger partial charge on any atom is 0.265 e. The maximum atomic E-state index is 13.4. The summed E-state index contributed by atoms with van der Waals surface area (Å²) in [6.07, 6.45) is 5.31. The van der Waals surface area contributed by atoms with E-state index in [0.29, 0.717) is 16.7 Å². The molecule has 2 aromatic rings. The summed E-state index contributed by atoms with van der Waals surface area (Å²) in [5, 5.41) is 3.21. The molecule has 3 atom stereocenters. The van der Waals surface area contributed by atoms with Crippen LogP contribution < -0.4 is 10.2 Å². The van der Waals surface area contributed by atoms with Crippen LogP contribution in [0.15, 0.2) is 58.3 Å². The predicted molar refractivity (Wildman–Crippen MR) is 128 cm³/mol. The second-order valence-corrected chi connectivity index (χ2v) is 9.85. The molecular formula is C26H30N2O2S. The third kappa shape index (κ3) is 4.72. The van der Waals surface area contributed by atoms with Crippen LogP contribution >= 0.6 is 11.8 Å². The summed E-state index contributed by atoms with van der Waals surface area (Å²) in [5.74, 6) is 0.856. The molecule has 2 aromatic carbocycles. The first kappa shape index (κ1) is 21.7. The minimum atomic E-state index is -0.118. The van der Waals surface area contributed by atoms with Gasteiger partial charge >= 0.3 is 0 Å². The van der Waals surface area contributed by atoms with E-state index in [9.17, 15) is 9.59 Å². The molecule has 0 aromatic heterocycles. The quantitative estimate of drug-likeness (QED) is 0.654. The Morgan fingerprint density at radius 3 is 2.68 bits per heavy atom. The number of rotatable bonds is 4. The first-order valence-corrected chi connectivity index (χ1v) is 11.9. The SMILES string of the molecule is Cc1ccccc1/C=C1\Sc2ccccc2N(CC(=O)NC2CCCC(C)C2C)C1=O. The Bertz CT molecular complexity index is 1020. The van der Waals surface area contributed by atoms with Gasteiger partial charge in [0, 0.05) is 10.9 Å². The summed E-state index contributed by atoms with van der Waals surface area (Å²) in [5.41, 5.74) is 2.94. The Kier molecular flexibility index (Phi) is 6.51. The number of carbonyl (C=O) groups is 2. The van der Waals surface area contributed by atoms with Crippen molar-refractivity contribution < 1.29 is 9.59 Å². The second kappa shape index (κ2) is 9.31. The number of amides is 2. The Labute approximate surface area is 189 Å². The van der Waals surface area contributed by atoms with E-state index >= 15 is 0 Å². The van der Waals surface area contributed by atoms with Crippen LogP contribution in [-0.2, 0) is 9.59 Å². The highest BCUT2D eigenvalue weighted by molar-refractivity contribution is 8.04. The van der Waals surface area contributed by atoms with E-state index in [4.69, 9.17) is 0 Å². The molecule has 0 radical (unpaired) electrons. The number of benzene rings is 2. The molecule has 1 N–H and O–H groups in total. The van der Waals surface area contributed by atoms with Gasteiger partial charge in [0.2, 0.25) is 5.91 Å². The monoisotopic (exact) mass is 434 g/mol. The molecule has 31 heavy (non-hydrogen) atoms. The lowest BCUT2D eigenvalue weighted by atomic mass is 9.78. The van der Waals surface area contributed by atoms with Gasteiger partial charge < -0.3 is 5.32 Å². The van der Waals surface area contributed by atoms with Crippen LogP contribution in [0.2, 0.25) is 0 Å². The highest BCUT2D eigenvalue weighted by Crippen LogP contribution is 2.42. The zero-order valence-corrected chi connectivity index (χ0v) is 19.2. The zero-order chi connectivity index (χ0) is 22.0. The van der Waals surface area contributed by atoms with Gasteiger partial charge in [-0.3, -0.25) is 14.5 Å². The van der Waals surface area contributed by atoms with Gasteiger partial charge in [-0.1, -0.05) is 74.8 Å². The third-order valence-electron chi connectivity index (χ3n) is 6.66. The number of nitrogens with zero attached hydrogens (tertiary/aromatic N) is 1. The van der Waals surface area contributed by atoms with Gasteiger partial charge in [0.05, 0.1) is 10.6 Å². The second-order valence-electron chi connectivity index (χ2n) is 8.77. The van der Waals surface area contributed by atoms with Crippen LogP contribution in [0.4, 0.5) is 5.69 Å². The van der Waals surface area contributed by atoms with Crippen molar-refractivity contribution >= 4 is 35.3 Å². The predicted octanol–water partition coefficient (Wildman–Crippen LogP) is 5.42. The van der Waals surface area contributed by atoms with E-state index in [0.717, 1.165) is 34.6 Å². The smallest absolute Gasteiger partial charge is 0.265 e. The topological polar surface area (TPSA) is 49.4 Å². The van der Waals surface area contributed by atoms with Crippen molar-refractivity contribution in [2.45, 2.75) is 51.0 Å². The Morgan fingerprint density at radius 1 is 1.13 bits per heavy atom. The molecule has 4 nitrogen and oxygen atoms in total. The minimum Gasteiger partial charge on any atom is -0.352 e. The van der Waals surface area contributed by atoms with Crippen LogP contribution in [0.5, 0.6) is 0 Å². The molecule has 2 aliphatic rings. The van der Waals surface area contributed by atoms with Crippen molar-refractivity contribution in [1.29, 1.82) is 0 Å². The van der Waals surface area contributed by atoms with Gasteiger partial charge in [0.15, 0.2) is 0 Å². The molecule has 0 saturated heterocycles. The van der Waals surface area contributed by atoms with E-state index in [2.05, 4.69) is 19.2 Å². The summed E-state index contributed by atoms with van der Waals surface area (Å²) in [7, 11) is 0. The fourth-order valence-electron chi connectivity index (χ4n) is 4.49. The van der Waals surface area contributed by atoms with E-state index < -0.39 is 0 Å². The number of hydrogen-bond acceptors (Lipinski definition) is 3. The summed E-state index contributed by atoms with van der Waals surface area (Å²) >= 11 is 1.47. The van der Waals surface area contributed by atoms with Gasteiger partial charge in [-0.25, -0.2) is 0 Å². The lowest BCUT2D eigenvalue weighted by Gasteiger charge is -2.35. The van der Waals surface area contributed by atoms with Crippen molar-refractivity contribution in [1.82, 2.24) is 5.32 Å².